The number of nitrogens with two attached hydrogens (primary N) is 1. The van der Waals surface area contributed by atoms with Crippen molar-refractivity contribution in [3.63, 3.8) is 0 Å². The van der Waals surface area contributed by atoms with Crippen molar-refractivity contribution >= 4 is 28.7 Å². The molecule has 0 saturated carbocycles. The first-order valence-electron chi connectivity index (χ1n) is 15.5. The van der Waals surface area contributed by atoms with E-state index >= 15 is 0 Å². The third-order valence-corrected chi connectivity index (χ3v) is 10.2. The van der Waals surface area contributed by atoms with Crippen LogP contribution in [0.2, 0.25) is 0 Å². The fourth-order valence-corrected chi connectivity index (χ4v) is 7.80. The maximum Gasteiger partial charge on any atom is 0.416 e. The lowest BCUT2D eigenvalue weighted by Gasteiger charge is -2.31. The van der Waals surface area contributed by atoms with Crippen LogP contribution in [0.4, 0.5) is 33.5 Å². The topological polar surface area (TPSA) is 119 Å². The molecule has 3 aromatic rings. The molecule has 6 heterocycles. The van der Waals surface area contributed by atoms with E-state index in [0.29, 0.717) is 47.8 Å². The summed E-state index contributed by atoms with van der Waals surface area (Å²) in [5.74, 6) is -0.927. The lowest BCUT2D eigenvalue weighted by atomic mass is 9.94. The van der Waals surface area contributed by atoms with Gasteiger partial charge in [-0.1, -0.05) is 0 Å². The van der Waals surface area contributed by atoms with Crippen molar-refractivity contribution in [2.45, 2.75) is 76.2 Å². The molecule has 2 fully saturated rings. The fourth-order valence-electron chi connectivity index (χ4n) is 6.74. The van der Waals surface area contributed by atoms with Crippen LogP contribution in [0.5, 0.6) is 6.01 Å². The van der Waals surface area contributed by atoms with Crippen molar-refractivity contribution in [3.05, 3.63) is 55.9 Å². The van der Waals surface area contributed by atoms with Crippen LogP contribution >= 0.6 is 11.3 Å². The molecular weight excluding hydrogens is 645 g/mol. The van der Waals surface area contributed by atoms with E-state index in [2.05, 4.69) is 25.2 Å². The average Bonchev–Trinajstić information content (AvgIpc) is 3.71. The number of ether oxygens (including phenoxy) is 2. The van der Waals surface area contributed by atoms with Crippen molar-refractivity contribution in [1.82, 2.24) is 25.2 Å². The van der Waals surface area contributed by atoms with Crippen molar-refractivity contribution < 1.29 is 36.2 Å². The van der Waals surface area contributed by atoms with Gasteiger partial charge in [0.05, 0.1) is 49.0 Å². The molecule has 0 bridgehead atoms. The number of nitrogen functional groups attached to an aromatic ring is 1. The first-order chi connectivity index (χ1) is 22.5. The quantitative estimate of drug-likeness (QED) is 0.290. The lowest BCUT2D eigenvalue weighted by molar-refractivity contribution is -0.140. The van der Waals surface area contributed by atoms with Gasteiger partial charge < -0.3 is 25.4 Å². The second-order valence-corrected chi connectivity index (χ2v) is 13.1. The number of nitrogens with zero attached hydrogens (tertiary/aromatic N) is 5. The fraction of sp³-hybridized carbons (Fsp3) is 0.548. The van der Waals surface area contributed by atoms with Crippen LogP contribution in [0.3, 0.4) is 0 Å². The van der Waals surface area contributed by atoms with Gasteiger partial charge in [-0.2, -0.15) is 23.1 Å². The van der Waals surface area contributed by atoms with E-state index in [-0.39, 0.29) is 24.9 Å². The standard InChI is InChI=1S/C24H24F4N6O3S.C7H12FN/c1-30-21(35)22-31-15-9-34(7-3-4-17(15)38-22)20-11-10-37-16(8-14(11)32-23(33-20)36-2)18-12(24(26,27)28)5-6-13(29)19(18)25;8-6-4-7-2-1-3-9(7)5-6/h5-6,16H,3-4,7-10,29H2,1-2H3,(H,30,35);6-7H,1-5H2. The third-order valence-electron chi connectivity index (χ3n) is 9.01. The van der Waals surface area contributed by atoms with E-state index in [9.17, 15) is 26.7 Å². The van der Waals surface area contributed by atoms with Crippen LogP contribution in [0, 0.1) is 5.82 Å². The molecule has 1 amide bonds. The molecule has 3 atom stereocenters. The summed E-state index contributed by atoms with van der Waals surface area (Å²) in [6.45, 7) is 2.68. The van der Waals surface area contributed by atoms with Gasteiger partial charge in [-0.05, 0) is 50.8 Å². The van der Waals surface area contributed by atoms with Gasteiger partial charge >= 0.3 is 12.2 Å². The highest BCUT2D eigenvalue weighted by Gasteiger charge is 2.40. The smallest absolute Gasteiger partial charge is 0.416 e. The number of benzene rings is 1. The molecular formula is C31H36F5N7O3S. The number of thiazole rings is 1. The number of hydrogen-bond donors (Lipinski definition) is 2. The van der Waals surface area contributed by atoms with Crippen molar-refractivity contribution in [2.24, 2.45) is 0 Å². The summed E-state index contributed by atoms with van der Waals surface area (Å²) in [6.07, 6.45) is -1.89. The molecule has 254 valence electrons. The van der Waals surface area contributed by atoms with Crippen LogP contribution in [0.1, 0.15) is 74.5 Å². The Kier molecular flexibility index (Phi) is 9.54. The lowest BCUT2D eigenvalue weighted by Crippen LogP contribution is -2.29. The minimum atomic E-state index is -4.80. The van der Waals surface area contributed by atoms with Crippen LogP contribution < -0.4 is 20.7 Å². The SMILES string of the molecule is CNC(=O)c1nc2c(s1)CCCN(c1nc(OC)nc3c1COC(c1c(C(F)(F)F)ccc(N)c1F)C3)C2.FC1CC2CCCN2C1. The van der Waals surface area contributed by atoms with E-state index in [1.165, 1.54) is 31.3 Å². The normalized spacial score (nSPS) is 22.4. The minimum Gasteiger partial charge on any atom is -0.467 e. The van der Waals surface area contributed by atoms with Gasteiger partial charge in [-0.3, -0.25) is 9.69 Å². The summed E-state index contributed by atoms with van der Waals surface area (Å²) in [6, 6.07) is 2.29. The number of aromatic nitrogens is 3. The molecule has 16 heteroatoms. The molecule has 47 heavy (non-hydrogen) atoms. The molecule has 3 unspecified atom stereocenters. The number of alkyl halides is 4. The zero-order chi connectivity index (χ0) is 33.5. The number of methoxy groups -OCH3 is 1. The van der Waals surface area contributed by atoms with Crippen LogP contribution in [-0.4, -0.2) is 71.8 Å². The Bertz CT molecular complexity index is 1630. The molecule has 7 rings (SSSR count). The van der Waals surface area contributed by atoms with Gasteiger partial charge in [-0.25, -0.2) is 13.8 Å². The van der Waals surface area contributed by atoms with E-state index in [0.717, 1.165) is 48.5 Å². The molecule has 0 aliphatic carbocycles. The Balaban J connectivity index is 0.000000366. The van der Waals surface area contributed by atoms with E-state index < -0.39 is 41.1 Å². The summed E-state index contributed by atoms with van der Waals surface area (Å²) < 4.78 is 79.8. The predicted molar refractivity (Wildman–Crippen MR) is 165 cm³/mol. The Morgan fingerprint density at radius 2 is 1.98 bits per heavy atom. The first kappa shape index (κ1) is 33.3. The monoisotopic (exact) mass is 681 g/mol. The molecule has 2 saturated heterocycles. The maximum absolute atomic E-state index is 14.9. The number of aryl methyl sites for hydroxylation is 1. The van der Waals surface area contributed by atoms with Gasteiger partial charge in [0, 0.05) is 48.6 Å². The minimum absolute atomic E-state index is 0.0253. The number of rotatable bonds is 4. The van der Waals surface area contributed by atoms with Crippen molar-refractivity contribution in [2.75, 3.05) is 44.4 Å². The Hall–Kier alpha value is -3.63. The summed E-state index contributed by atoms with van der Waals surface area (Å²) in [7, 11) is 2.93. The number of halogens is 5. The van der Waals surface area contributed by atoms with Gasteiger partial charge in [-0.15, -0.1) is 11.3 Å². The molecule has 2 aromatic heterocycles. The van der Waals surface area contributed by atoms with Gasteiger partial charge in [0.1, 0.15) is 12.0 Å². The summed E-state index contributed by atoms with van der Waals surface area (Å²) in [4.78, 5) is 30.8. The number of fused-ring (bicyclic) bond motifs is 3. The second-order valence-electron chi connectivity index (χ2n) is 12.0. The van der Waals surface area contributed by atoms with E-state index in [1.54, 1.807) is 7.05 Å². The molecule has 0 radical (unpaired) electrons. The molecule has 0 spiro atoms. The summed E-state index contributed by atoms with van der Waals surface area (Å²) in [5, 5.41) is 2.95. The first-order valence-corrected chi connectivity index (χ1v) is 16.3. The predicted octanol–water partition coefficient (Wildman–Crippen LogP) is 5.00. The average molecular weight is 682 g/mol. The summed E-state index contributed by atoms with van der Waals surface area (Å²) >= 11 is 1.35. The highest BCUT2D eigenvalue weighted by Crippen LogP contribution is 2.43. The highest BCUT2D eigenvalue weighted by molar-refractivity contribution is 7.13. The number of anilines is 2. The van der Waals surface area contributed by atoms with Crippen LogP contribution in [0.25, 0.3) is 0 Å². The number of nitrogens with one attached hydrogen (secondary N) is 1. The van der Waals surface area contributed by atoms with E-state index in [1.807, 2.05) is 4.90 Å². The van der Waals surface area contributed by atoms with Gasteiger partial charge in [0.2, 0.25) is 0 Å². The van der Waals surface area contributed by atoms with Gasteiger partial charge in [0.15, 0.2) is 10.8 Å². The zero-order valence-corrected chi connectivity index (χ0v) is 26.8. The molecule has 1 aromatic carbocycles. The van der Waals surface area contributed by atoms with E-state index in [4.69, 9.17) is 15.2 Å². The number of hydrogen-bond acceptors (Lipinski definition) is 10. The maximum atomic E-state index is 14.9. The van der Waals surface area contributed by atoms with Crippen LogP contribution in [-0.2, 0) is 36.9 Å². The molecule has 4 aliphatic rings. The number of carbonyl (C=O) groups is 1. The second kappa shape index (κ2) is 13.5. The Morgan fingerprint density at radius 3 is 2.70 bits per heavy atom. The third kappa shape index (κ3) is 6.85. The van der Waals surface area contributed by atoms with Crippen molar-refractivity contribution in [1.29, 1.82) is 0 Å². The zero-order valence-electron chi connectivity index (χ0n) is 26.0. The Morgan fingerprint density at radius 1 is 1.17 bits per heavy atom. The van der Waals surface area contributed by atoms with Crippen LogP contribution in [0.15, 0.2) is 12.1 Å². The molecule has 10 nitrogen and oxygen atoms in total. The number of carbonyl (C=O) groups excluding carboxylic acids is 1. The number of amides is 1. The summed E-state index contributed by atoms with van der Waals surface area (Å²) in [5.41, 5.74) is 5.14. The molecule has 3 N–H and O–H groups in total. The van der Waals surface area contributed by atoms with Crippen molar-refractivity contribution in [3.8, 4) is 6.01 Å². The molecule has 4 aliphatic heterocycles. The van der Waals surface area contributed by atoms with Gasteiger partial charge in [0.25, 0.3) is 5.91 Å². The highest BCUT2D eigenvalue weighted by atomic mass is 32.1. The largest absolute Gasteiger partial charge is 0.467 e. The Labute approximate surface area is 272 Å².